The summed E-state index contributed by atoms with van der Waals surface area (Å²) in [6, 6.07) is 6.11. The second-order valence-corrected chi connectivity index (χ2v) is 6.87. The van der Waals surface area contributed by atoms with Crippen LogP contribution in [0.4, 0.5) is 0 Å². The molecule has 1 saturated carbocycles. The zero-order valence-electron chi connectivity index (χ0n) is 12.0. The summed E-state index contributed by atoms with van der Waals surface area (Å²) in [4.78, 5) is 0. The minimum absolute atomic E-state index is 0.320. The number of nitrogens with one attached hydrogen (secondary N) is 1. The van der Waals surface area contributed by atoms with Crippen LogP contribution in [-0.2, 0) is 0 Å². The Bertz CT molecular complexity index is 438. The first-order chi connectivity index (χ1) is 8.98. The van der Waals surface area contributed by atoms with E-state index in [4.69, 9.17) is 23.2 Å². The predicted octanol–water partition coefficient (Wildman–Crippen LogP) is 5.47. The Morgan fingerprint density at radius 1 is 1.26 bits per heavy atom. The minimum Gasteiger partial charge on any atom is -0.309 e. The van der Waals surface area contributed by atoms with Crippen LogP contribution in [0.2, 0.25) is 10.0 Å². The summed E-state index contributed by atoms with van der Waals surface area (Å²) < 4.78 is 0. The average Bonchev–Trinajstić information content (AvgIpc) is 3.13. The molecule has 1 fully saturated rings. The van der Waals surface area contributed by atoms with Crippen molar-refractivity contribution in [2.24, 2.45) is 11.3 Å². The summed E-state index contributed by atoms with van der Waals surface area (Å²) in [5, 5.41) is 5.17. The Kier molecular flexibility index (Phi) is 4.81. The number of rotatable bonds is 6. The Morgan fingerprint density at radius 3 is 2.42 bits per heavy atom. The van der Waals surface area contributed by atoms with Crippen LogP contribution in [0.15, 0.2) is 18.2 Å². The SMILES string of the molecule is CCC(NCC1(C(C)C)CC1)c1ccc(Cl)cc1Cl. The van der Waals surface area contributed by atoms with Crippen LogP contribution < -0.4 is 5.32 Å². The topological polar surface area (TPSA) is 12.0 Å². The molecule has 1 aliphatic rings. The Hall–Kier alpha value is -0.240. The van der Waals surface area contributed by atoms with Crippen LogP contribution >= 0.6 is 23.2 Å². The highest BCUT2D eigenvalue weighted by atomic mass is 35.5. The fourth-order valence-corrected chi connectivity index (χ4v) is 3.24. The monoisotopic (exact) mass is 299 g/mol. The van der Waals surface area contributed by atoms with Crippen molar-refractivity contribution >= 4 is 23.2 Å². The summed E-state index contributed by atoms with van der Waals surface area (Å²) >= 11 is 12.3. The van der Waals surface area contributed by atoms with Gasteiger partial charge in [-0.05, 0) is 48.3 Å². The van der Waals surface area contributed by atoms with Crippen molar-refractivity contribution in [3.8, 4) is 0 Å². The van der Waals surface area contributed by atoms with Gasteiger partial charge in [0, 0.05) is 22.6 Å². The maximum Gasteiger partial charge on any atom is 0.0468 e. The van der Waals surface area contributed by atoms with Gasteiger partial charge in [-0.1, -0.05) is 50.0 Å². The van der Waals surface area contributed by atoms with Crippen molar-refractivity contribution in [3.05, 3.63) is 33.8 Å². The maximum absolute atomic E-state index is 6.31. The van der Waals surface area contributed by atoms with Crippen LogP contribution in [0.1, 0.15) is 51.6 Å². The molecular weight excluding hydrogens is 277 g/mol. The molecule has 1 atom stereocenters. The number of benzene rings is 1. The van der Waals surface area contributed by atoms with Crippen molar-refractivity contribution in [1.82, 2.24) is 5.32 Å². The van der Waals surface area contributed by atoms with E-state index in [1.807, 2.05) is 18.2 Å². The van der Waals surface area contributed by atoms with Crippen LogP contribution in [0.25, 0.3) is 0 Å². The molecule has 0 amide bonds. The van der Waals surface area contributed by atoms with Crippen LogP contribution in [0.5, 0.6) is 0 Å². The third kappa shape index (κ3) is 3.45. The van der Waals surface area contributed by atoms with E-state index >= 15 is 0 Å². The van der Waals surface area contributed by atoms with Gasteiger partial charge in [0.2, 0.25) is 0 Å². The first kappa shape index (κ1) is 15.2. The smallest absolute Gasteiger partial charge is 0.0468 e. The minimum atomic E-state index is 0.320. The number of hydrogen-bond acceptors (Lipinski definition) is 1. The summed E-state index contributed by atoms with van der Waals surface area (Å²) in [7, 11) is 0. The average molecular weight is 300 g/mol. The van der Waals surface area contributed by atoms with E-state index in [-0.39, 0.29) is 0 Å². The van der Waals surface area contributed by atoms with E-state index in [0.29, 0.717) is 16.5 Å². The molecule has 0 radical (unpaired) electrons. The lowest BCUT2D eigenvalue weighted by Gasteiger charge is -2.25. The van der Waals surface area contributed by atoms with Crippen LogP contribution in [-0.4, -0.2) is 6.54 Å². The Balaban J connectivity index is 2.04. The molecule has 1 aromatic carbocycles. The lowest BCUT2D eigenvalue weighted by molar-refractivity contribution is 0.318. The van der Waals surface area contributed by atoms with E-state index in [2.05, 4.69) is 26.1 Å². The van der Waals surface area contributed by atoms with Crippen molar-refractivity contribution in [1.29, 1.82) is 0 Å². The largest absolute Gasteiger partial charge is 0.309 e. The zero-order chi connectivity index (χ0) is 14.0. The van der Waals surface area contributed by atoms with E-state index in [1.165, 1.54) is 12.8 Å². The Morgan fingerprint density at radius 2 is 1.95 bits per heavy atom. The second kappa shape index (κ2) is 6.03. The van der Waals surface area contributed by atoms with E-state index in [9.17, 15) is 0 Å². The number of halogens is 2. The molecular formula is C16H23Cl2N. The van der Waals surface area contributed by atoms with Gasteiger partial charge in [-0.3, -0.25) is 0 Å². The molecule has 1 aromatic rings. The first-order valence-electron chi connectivity index (χ1n) is 7.17. The molecule has 0 spiro atoms. The maximum atomic E-state index is 6.31. The fourth-order valence-electron chi connectivity index (χ4n) is 2.70. The fraction of sp³-hybridized carbons (Fsp3) is 0.625. The van der Waals surface area contributed by atoms with Gasteiger partial charge in [0.05, 0.1) is 0 Å². The molecule has 0 saturated heterocycles. The third-order valence-electron chi connectivity index (χ3n) is 4.56. The summed E-state index contributed by atoms with van der Waals surface area (Å²) in [6.07, 6.45) is 3.74. The van der Waals surface area contributed by atoms with E-state index < -0.39 is 0 Å². The first-order valence-corrected chi connectivity index (χ1v) is 7.92. The van der Waals surface area contributed by atoms with Crippen LogP contribution in [0, 0.1) is 11.3 Å². The molecule has 1 aliphatic carbocycles. The molecule has 1 N–H and O–H groups in total. The molecule has 0 aliphatic heterocycles. The molecule has 1 nitrogen and oxygen atoms in total. The van der Waals surface area contributed by atoms with Gasteiger partial charge in [0.15, 0.2) is 0 Å². The van der Waals surface area contributed by atoms with Gasteiger partial charge in [0.1, 0.15) is 0 Å². The van der Waals surface area contributed by atoms with Gasteiger partial charge in [-0.25, -0.2) is 0 Å². The van der Waals surface area contributed by atoms with Gasteiger partial charge in [-0.15, -0.1) is 0 Å². The van der Waals surface area contributed by atoms with Gasteiger partial charge >= 0.3 is 0 Å². The van der Waals surface area contributed by atoms with Crippen LogP contribution in [0.3, 0.4) is 0 Å². The summed E-state index contributed by atoms with van der Waals surface area (Å²) in [5.41, 5.74) is 1.68. The lowest BCUT2D eigenvalue weighted by atomic mass is 9.91. The molecule has 0 bridgehead atoms. The molecule has 3 heteroatoms. The molecule has 2 rings (SSSR count). The standard InChI is InChI=1S/C16H23Cl2N/c1-4-15(13-6-5-12(17)9-14(13)18)19-10-16(7-8-16)11(2)3/h5-6,9,11,15,19H,4,7-8,10H2,1-3H3. The van der Waals surface area contributed by atoms with Gasteiger partial charge in [0.25, 0.3) is 0 Å². The highest BCUT2D eigenvalue weighted by molar-refractivity contribution is 6.35. The highest BCUT2D eigenvalue weighted by Gasteiger charge is 2.45. The molecule has 0 aromatic heterocycles. The zero-order valence-corrected chi connectivity index (χ0v) is 13.5. The highest BCUT2D eigenvalue weighted by Crippen LogP contribution is 2.51. The molecule has 1 unspecified atom stereocenters. The quantitative estimate of drug-likeness (QED) is 0.734. The normalized spacial score (nSPS) is 18.6. The van der Waals surface area contributed by atoms with Crippen molar-refractivity contribution in [3.63, 3.8) is 0 Å². The molecule has 0 heterocycles. The lowest BCUT2D eigenvalue weighted by Crippen LogP contribution is -2.30. The molecule has 106 valence electrons. The summed E-state index contributed by atoms with van der Waals surface area (Å²) in [6.45, 7) is 7.93. The Labute approximate surface area is 126 Å². The number of hydrogen-bond donors (Lipinski definition) is 1. The predicted molar refractivity (Wildman–Crippen MR) is 84.0 cm³/mol. The second-order valence-electron chi connectivity index (χ2n) is 6.02. The molecule has 19 heavy (non-hydrogen) atoms. The third-order valence-corrected chi connectivity index (χ3v) is 5.13. The van der Waals surface area contributed by atoms with E-state index in [1.54, 1.807) is 0 Å². The van der Waals surface area contributed by atoms with Gasteiger partial charge in [-0.2, -0.15) is 0 Å². The summed E-state index contributed by atoms with van der Waals surface area (Å²) in [5.74, 6) is 0.748. The van der Waals surface area contributed by atoms with E-state index in [0.717, 1.165) is 29.5 Å². The van der Waals surface area contributed by atoms with Gasteiger partial charge < -0.3 is 5.32 Å². The van der Waals surface area contributed by atoms with Crippen molar-refractivity contribution < 1.29 is 0 Å². The van der Waals surface area contributed by atoms with Crippen molar-refractivity contribution in [2.45, 2.75) is 46.1 Å². The van der Waals surface area contributed by atoms with Crippen molar-refractivity contribution in [2.75, 3.05) is 6.54 Å².